The topological polar surface area (TPSA) is 50.8 Å². The fraction of sp³-hybridized carbons (Fsp3) is 0.350. The minimum atomic E-state index is -0.491. The number of hydrogen-bond donors (Lipinski definition) is 1. The van der Waals surface area contributed by atoms with Gasteiger partial charge < -0.3 is 14.4 Å². The van der Waals surface area contributed by atoms with E-state index in [9.17, 15) is 4.79 Å². The van der Waals surface area contributed by atoms with Gasteiger partial charge in [-0.25, -0.2) is 4.79 Å². The Labute approximate surface area is 169 Å². The van der Waals surface area contributed by atoms with Crippen molar-refractivity contribution in [3.8, 4) is 16.9 Å². The number of anilines is 1. The Bertz CT molecular complexity index is 809. The molecular weight excluding hydrogens is 387 g/mol. The van der Waals surface area contributed by atoms with Crippen LogP contribution < -0.4 is 10.1 Å². The summed E-state index contributed by atoms with van der Waals surface area (Å²) in [6.45, 7) is 1.41. The van der Waals surface area contributed by atoms with Crippen molar-refractivity contribution in [3.05, 3.63) is 46.4 Å². The number of methoxy groups -OCH3 is 1. The molecule has 7 heteroatoms. The second kappa shape index (κ2) is 8.83. The maximum absolute atomic E-state index is 12.3. The molecule has 2 aromatic rings. The van der Waals surface area contributed by atoms with Crippen LogP contribution in [0.5, 0.6) is 5.75 Å². The van der Waals surface area contributed by atoms with Gasteiger partial charge in [0.2, 0.25) is 0 Å². The van der Waals surface area contributed by atoms with Crippen LogP contribution in [-0.2, 0) is 4.74 Å². The van der Waals surface area contributed by atoms with Crippen LogP contribution in [0.25, 0.3) is 11.1 Å². The van der Waals surface area contributed by atoms with Crippen molar-refractivity contribution < 1.29 is 14.3 Å². The second-order valence-electron chi connectivity index (χ2n) is 6.57. The van der Waals surface area contributed by atoms with Crippen LogP contribution in [0.4, 0.5) is 10.5 Å². The van der Waals surface area contributed by atoms with E-state index in [1.165, 1.54) is 0 Å². The summed E-state index contributed by atoms with van der Waals surface area (Å²) in [5.41, 5.74) is 2.12. The zero-order valence-corrected chi connectivity index (χ0v) is 16.8. The first-order valence-corrected chi connectivity index (χ1v) is 9.50. The lowest BCUT2D eigenvalue weighted by atomic mass is 10.0. The van der Waals surface area contributed by atoms with Crippen molar-refractivity contribution >= 4 is 35.0 Å². The number of likely N-dealkylation sites (N-methyl/N-ethyl adjacent to an activating group) is 1. The van der Waals surface area contributed by atoms with Crippen LogP contribution >= 0.6 is 23.2 Å². The molecule has 1 saturated heterocycles. The highest BCUT2D eigenvalue weighted by atomic mass is 35.5. The van der Waals surface area contributed by atoms with Crippen LogP contribution in [0, 0.1) is 0 Å². The first-order valence-electron chi connectivity index (χ1n) is 8.75. The summed E-state index contributed by atoms with van der Waals surface area (Å²) in [6, 6.07) is 10.9. The van der Waals surface area contributed by atoms with Crippen LogP contribution in [0.1, 0.15) is 12.8 Å². The number of rotatable bonds is 5. The van der Waals surface area contributed by atoms with Crippen molar-refractivity contribution in [2.24, 2.45) is 0 Å². The molecule has 3 rings (SSSR count). The molecule has 5 nitrogen and oxygen atoms in total. The van der Waals surface area contributed by atoms with Crippen LogP contribution in [0.15, 0.2) is 36.4 Å². The van der Waals surface area contributed by atoms with Gasteiger partial charge in [0.1, 0.15) is 12.4 Å². The molecule has 0 unspecified atom stereocenters. The van der Waals surface area contributed by atoms with Crippen molar-refractivity contribution in [2.45, 2.75) is 18.9 Å². The zero-order chi connectivity index (χ0) is 19.4. The number of ether oxygens (including phenoxy) is 2. The molecule has 0 radical (unpaired) electrons. The quantitative estimate of drug-likeness (QED) is 0.727. The lowest BCUT2D eigenvalue weighted by Gasteiger charge is -2.19. The number of carbonyl (C=O) groups is 1. The van der Waals surface area contributed by atoms with Gasteiger partial charge in [-0.15, -0.1) is 0 Å². The molecule has 2 aromatic carbocycles. The smallest absolute Gasteiger partial charge is 0.411 e. The van der Waals surface area contributed by atoms with E-state index in [-0.39, 0.29) is 6.04 Å². The maximum Gasteiger partial charge on any atom is 0.411 e. The Morgan fingerprint density at radius 3 is 2.59 bits per heavy atom. The van der Waals surface area contributed by atoms with Crippen molar-refractivity contribution in [3.63, 3.8) is 0 Å². The van der Waals surface area contributed by atoms with Gasteiger partial charge in [-0.05, 0) is 68.4 Å². The average molecular weight is 409 g/mol. The number of benzene rings is 2. The molecule has 0 bridgehead atoms. The summed E-state index contributed by atoms with van der Waals surface area (Å²) < 4.78 is 10.7. The molecule has 0 saturated carbocycles. The highest BCUT2D eigenvalue weighted by molar-refractivity contribution is 6.35. The number of nitrogens with zero attached hydrogens (tertiary/aromatic N) is 1. The van der Waals surface area contributed by atoms with E-state index in [1.807, 2.05) is 13.1 Å². The minimum Gasteiger partial charge on any atom is -0.497 e. The van der Waals surface area contributed by atoms with Crippen LogP contribution in [0.2, 0.25) is 10.0 Å². The van der Waals surface area contributed by atoms with Gasteiger partial charge >= 0.3 is 6.09 Å². The highest BCUT2D eigenvalue weighted by Gasteiger charge is 2.22. The predicted molar refractivity (Wildman–Crippen MR) is 109 cm³/mol. The third-order valence-electron chi connectivity index (χ3n) is 4.72. The Balaban J connectivity index is 1.79. The van der Waals surface area contributed by atoms with E-state index >= 15 is 0 Å². The van der Waals surface area contributed by atoms with Gasteiger partial charge in [-0.3, -0.25) is 5.32 Å². The van der Waals surface area contributed by atoms with Gasteiger partial charge in [0, 0.05) is 21.7 Å². The number of amides is 1. The van der Waals surface area contributed by atoms with E-state index in [4.69, 9.17) is 32.7 Å². The summed E-state index contributed by atoms with van der Waals surface area (Å²) in [7, 11) is 3.63. The number of likely N-dealkylation sites (tertiary alicyclic amines) is 1. The van der Waals surface area contributed by atoms with Gasteiger partial charge in [-0.1, -0.05) is 23.2 Å². The van der Waals surface area contributed by atoms with Gasteiger partial charge in [0.05, 0.1) is 12.8 Å². The SMILES string of the molecule is COc1ccc(NC(=O)OC[C@@H]2CCCN2C)c(-c2cc(Cl)cc(Cl)c2)c1. The van der Waals surface area contributed by atoms with Gasteiger partial charge in [-0.2, -0.15) is 0 Å². The zero-order valence-electron chi connectivity index (χ0n) is 15.3. The summed E-state index contributed by atoms with van der Waals surface area (Å²) in [5.74, 6) is 0.660. The number of hydrogen-bond acceptors (Lipinski definition) is 4. The summed E-state index contributed by atoms with van der Waals surface area (Å²) in [4.78, 5) is 14.5. The molecule has 0 aromatic heterocycles. The van der Waals surface area contributed by atoms with E-state index in [0.29, 0.717) is 28.1 Å². The van der Waals surface area contributed by atoms with Gasteiger partial charge in [0.25, 0.3) is 0 Å². The molecule has 27 heavy (non-hydrogen) atoms. The largest absolute Gasteiger partial charge is 0.497 e. The molecule has 0 aliphatic carbocycles. The number of nitrogens with one attached hydrogen (secondary N) is 1. The number of carbonyl (C=O) groups excluding carboxylic acids is 1. The molecule has 1 aliphatic rings. The predicted octanol–water partition coefficient (Wildman–Crippen LogP) is 5.31. The second-order valence-corrected chi connectivity index (χ2v) is 7.44. The van der Waals surface area contributed by atoms with Crippen LogP contribution in [-0.4, -0.2) is 44.3 Å². The summed E-state index contributed by atoms with van der Waals surface area (Å²) >= 11 is 12.3. The Kier molecular flexibility index (Phi) is 6.47. The molecule has 1 amide bonds. The third-order valence-corrected chi connectivity index (χ3v) is 5.15. The van der Waals surface area contributed by atoms with Gasteiger partial charge in [0.15, 0.2) is 0 Å². The average Bonchev–Trinajstić information content (AvgIpc) is 3.04. The van der Waals surface area contributed by atoms with E-state index < -0.39 is 6.09 Å². The molecule has 1 atom stereocenters. The summed E-state index contributed by atoms with van der Waals surface area (Å²) in [6.07, 6.45) is 1.68. The minimum absolute atomic E-state index is 0.276. The van der Waals surface area contributed by atoms with E-state index in [0.717, 1.165) is 30.5 Å². The fourth-order valence-electron chi connectivity index (χ4n) is 3.22. The van der Waals surface area contributed by atoms with E-state index in [2.05, 4.69) is 10.2 Å². The molecule has 144 valence electrons. The standard InChI is InChI=1S/C20H22Cl2N2O3/c1-24-7-3-4-16(24)12-27-20(25)23-19-6-5-17(26-2)11-18(19)13-8-14(21)10-15(22)9-13/h5-6,8-11,16H,3-4,7,12H2,1-2H3,(H,23,25)/t16-/m0/s1. The highest BCUT2D eigenvalue weighted by Crippen LogP contribution is 2.35. The first kappa shape index (κ1) is 19.8. The van der Waals surface area contributed by atoms with Crippen molar-refractivity contribution in [1.82, 2.24) is 4.90 Å². The number of halogens is 2. The monoisotopic (exact) mass is 408 g/mol. The third kappa shape index (κ3) is 5.06. The molecular formula is C20H22Cl2N2O3. The molecule has 1 heterocycles. The maximum atomic E-state index is 12.3. The van der Waals surface area contributed by atoms with Crippen LogP contribution in [0.3, 0.4) is 0 Å². The molecule has 1 aliphatic heterocycles. The fourth-order valence-corrected chi connectivity index (χ4v) is 3.74. The van der Waals surface area contributed by atoms with Crippen molar-refractivity contribution in [1.29, 1.82) is 0 Å². The first-order chi connectivity index (χ1) is 13.0. The van der Waals surface area contributed by atoms with Crippen molar-refractivity contribution in [2.75, 3.05) is 32.6 Å². The lowest BCUT2D eigenvalue weighted by Crippen LogP contribution is -2.31. The Hall–Kier alpha value is -1.95. The Morgan fingerprint density at radius 1 is 1.22 bits per heavy atom. The van der Waals surface area contributed by atoms with E-state index in [1.54, 1.807) is 37.4 Å². The normalized spacial score (nSPS) is 17.0. The lowest BCUT2D eigenvalue weighted by molar-refractivity contribution is 0.127. The molecule has 1 fully saturated rings. The Morgan fingerprint density at radius 2 is 1.96 bits per heavy atom. The molecule has 0 spiro atoms. The molecule has 1 N–H and O–H groups in total. The summed E-state index contributed by atoms with van der Waals surface area (Å²) in [5, 5.41) is 3.84.